The monoisotopic (exact) mass is 611 g/mol. The van der Waals surface area contributed by atoms with E-state index < -0.39 is 74.7 Å². The van der Waals surface area contributed by atoms with E-state index in [2.05, 4.69) is 0 Å². The van der Waals surface area contributed by atoms with E-state index in [1.165, 1.54) is 11.9 Å². The van der Waals surface area contributed by atoms with Crippen LogP contribution in [0.1, 0.15) is 20.8 Å². The molecule has 0 saturated heterocycles. The largest absolute Gasteiger partial charge is 0.479 e. The highest BCUT2D eigenvalue weighted by atomic mass is 28.4. The summed E-state index contributed by atoms with van der Waals surface area (Å²) in [7, 11) is -1.66. The van der Waals surface area contributed by atoms with Gasteiger partial charge in [0.15, 0.2) is 6.10 Å². The third-order valence-electron chi connectivity index (χ3n) is 7.34. The number of carboxylic acid groups (broad SMARTS) is 1. The van der Waals surface area contributed by atoms with E-state index in [0.29, 0.717) is 0 Å². The van der Waals surface area contributed by atoms with Crippen LogP contribution in [0.4, 0.5) is 0 Å². The summed E-state index contributed by atoms with van der Waals surface area (Å²) in [4.78, 5) is 12.0. The first-order chi connectivity index (χ1) is 19.5. The Morgan fingerprint density at radius 1 is 0.714 bits per heavy atom. The predicted octanol–water partition coefficient (Wildman–Crippen LogP) is -2.53. The Morgan fingerprint density at radius 3 is 1.48 bits per heavy atom. The minimum absolute atomic E-state index is 0.344. The summed E-state index contributed by atoms with van der Waals surface area (Å²) >= 11 is 0. The van der Waals surface area contributed by atoms with Crippen LogP contribution in [0.15, 0.2) is 60.7 Å². The van der Waals surface area contributed by atoms with Crippen molar-refractivity contribution < 1.29 is 55.2 Å². The van der Waals surface area contributed by atoms with Crippen LogP contribution in [0, 0.1) is 0 Å². The fourth-order valence-corrected chi connectivity index (χ4v) is 9.59. The molecular formula is C29H45NO11Si. The molecule has 0 amide bonds. The first-order valence-corrected chi connectivity index (χ1v) is 15.6. The highest BCUT2D eigenvalue weighted by Crippen LogP contribution is 2.37. The maximum Gasteiger partial charge on any atom is 0.335 e. The molecule has 42 heavy (non-hydrogen) atoms. The maximum atomic E-state index is 10.9. The van der Waals surface area contributed by atoms with Gasteiger partial charge in [0.2, 0.25) is 0 Å². The van der Waals surface area contributed by atoms with Gasteiger partial charge in [0.1, 0.15) is 30.5 Å². The zero-order chi connectivity index (χ0) is 31.8. The van der Waals surface area contributed by atoms with Crippen LogP contribution in [0.2, 0.25) is 5.04 Å². The van der Waals surface area contributed by atoms with E-state index in [1.807, 2.05) is 81.4 Å². The van der Waals surface area contributed by atoms with Gasteiger partial charge in [-0.15, -0.1) is 0 Å². The number of rotatable bonds is 16. The number of aliphatic hydroxyl groups is 8. The van der Waals surface area contributed by atoms with Crippen molar-refractivity contribution in [1.82, 2.24) is 4.90 Å². The van der Waals surface area contributed by atoms with E-state index in [4.69, 9.17) is 9.53 Å². The summed E-state index contributed by atoms with van der Waals surface area (Å²) in [6, 6.07) is 19.3. The van der Waals surface area contributed by atoms with E-state index in [-0.39, 0.29) is 13.2 Å². The van der Waals surface area contributed by atoms with Gasteiger partial charge in [-0.25, -0.2) is 4.79 Å². The average Bonchev–Trinajstić information content (AvgIpc) is 2.95. The Morgan fingerprint density at radius 2 is 1.10 bits per heavy atom. The van der Waals surface area contributed by atoms with Crippen LogP contribution in [-0.2, 0) is 9.22 Å². The molecule has 0 aliphatic rings. The zero-order valence-corrected chi connectivity index (χ0v) is 25.3. The van der Waals surface area contributed by atoms with Crippen molar-refractivity contribution in [2.45, 2.75) is 74.6 Å². The SMILES string of the molecule is CN(C[C@H](O)[C@@H](O)[C@H](O)[C@H](O)CO[Si](c1ccccc1)(c1ccccc1)C(C)(C)C)C[C@H](O)[C@@H](O)[C@H](O)[C@H](O)C(=O)O. The van der Waals surface area contributed by atoms with Gasteiger partial charge in [-0.1, -0.05) is 81.4 Å². The lowest BCUT2D eigenvalue weighted by molar-refractivity contribution is -0.163. The molecule has 0 unspecified atom stereocenters. The van der Waals surface area contributed by atoms with Crippen molar-refractivity contribution in [2.75, 3.05) is 26.7 Å². The molecule has 0 aromatic heterocycles. The molecule has 13 heteroatoms. The summed E-state index contributed by atoms with van der Waals surface area (Å²) < 4.78 is 6.58. The average molecular weight is 612 g/mol. The number of benzene rings is 2. The third kappa shape index (κ3) is 8.64. The predicted molar refractivity (Wildman–Crippen MR) is 157 cm³/mol. The van der Waals surface area contributed by atoms with Crippen LogP contribution >= 0.6 is 0 Å². The van der Waals surface area contributed by atoms with Gasteiger partial charge in [0.25, 0.3) is 8.32 Å². The van der Waals surface area contributed by atoms with Crippen molar-refractivity contribution in [2.24, 2.45) is 0 Å². The fraction of sp³-hybridized carbons (Fsp3) is 0.552. The van der Waals surface area contributed by atoms with E-state index in [9.17, 15) is 45.6 Å². The van der Waals surface area contributed by atoms with Crippen LogP contribution in [0.5, 0.6) is 0 Å². The smallest absolute Gasteiger partial charge is 0.335 e. The minimum Gasteiger partial charge on any atom is -0.479 e. The Hall–Kier alpha value is -2.27. The fourth-order valence-electron chi connectivity index (χ4n) is 5.02. The quantitative estimate of drug-likeness (QED) is 0.0900. The highest BCUT2D eigenvalue weighted by molar-refractivity contribution is 6.99. The molecule has 2 aromatic carbocycles. The molecule has 0 spiro atoms. The number of hydrogen-bond donors (Lipinski definition) is 9. The van der Waals surface area contributed by atoms with Crippen molar-refractivity contribution in [3.05, 3.63) is 60.7 Å². The van der Waals surface area contributed by atoms with Crippen LogP contribution in [-0.4, -0.2) is 141 Å². The molecule has 0 saturated carbocycles. The van der Waals surface area contributed by atoms with E-state index in [1.54, 1.807) is 0 Å². The summed E-state index contributed by atoms with van der Waals surface area (Å²) in [5.74, 6) is -1.79. The number of aliphatic carboxylic acids is 1. The topological polar surface area (TPSA) is 212 Å². The molecule has 2 rings (SSSR count). The summed E-state index contributed by atoms with van der Waals surface area (Å²) in [6.07, 6.45) is -15.1. The van der Waals surface area contributed by atoms with E-state index in [0.717, 1.165) is 10.4 Å². The van der Waals surface area contributed by atoms with Crippen LogP contribution < -0.4 is 10.4 Å². The molecule has 12 nitrogen and oxygen atoms in total. The van der Waals surface area contributed by atoms with Gasteiger partial charge in [0, 0.05) is 13.1 Å². The molecule has 0 heterocycles. The van der Waals surface area contributed by atoms with Gasteiger partial charge in [-0.3, -0.25) is 0 Å². The highest BCUT2D eigenvalue weighted by Gasteiger charge is 2.50. The lowest BCUT2D eigenvalue weighted by atomic mass is 10.0. The number of hydrogen-bond acceptors (Lipinski definition) is 11. The minimum atomic E-state index is -3.05. The molecule has 0 aliphatic heterocycles. The third-order valence-corrected chi connectivity index (χ3v) is 12.3. The summed E-state index contributed by atoms with van der Waals surface area (Å²) in [6.45, 7) is 5.05. The van der Waals surface area contributed by atoms with Gasteiger partial charge in [-0.05, 0) is 22.5 Å². The Kier molecular flexibility index (Phi) is 13.2. The Labute approximate surface area is 246 Å². The lowest BCUT2D eigenvalue weighted by Crippen LogP contribution is -2.67. The van der Waals surface area contributed by atoms with Crippen molar-refractivity contribution >= 4 is 24.7 Å². The van der Waals surface area contributed by atoms with Crippen molar-refractivity contribution in [1.29, 1.82) is 0 Å². The molecule has 236 valence electrons. The van der Waals surface area contributed by atoms with Crippen molar-refractivity contribution in [3.63, 3.8) is 0 Å². The summed E-state index contributed by atoms with van der Waals surface area (Å²) in [5, 5.41) is 92.2. The molecule has 0 radical (unpaired) electrons. The van der Waals surface area contributed by atoms with Crippen LogP contribution in [0.3, 0.4) is 0 Å². The molecule has 8 atom stereocenters. The molecule has 9 N–H and O–H groups in total. The maximum absolute atomic E-state index is 10.9. The number of carbonyl (C=O) groups is 1. The first kappa shape index (κ1) is 35.9. The molecule has 2 aromatic rings. The normalized spacial score (nSPS) is 18.5. The van der Waals surface area contributed by atoms with Crippen LogP contribution in [0.25, 0.3) is 0 Å². The zero-order valence-electron chi connectivity index (χ0n) is 24.3. The standard InChI is InChI=1S/C29H45NO11Si/c1-29(2,3)42(18-11-7-5-8-12-18,19-13-9-6-10-14-19)41-17-22(33)25(36)23(34)20(31)15-30(4)16-21(32)24(35)26(37)27(38)28(39)40/h5-14,20-27,31-38H,15-17H2,1-4H3,(H,39,40)/t20-,21-,22+,23+,24+,25+,26-,27-/m0/s1. The van der Waals surface area contributed by atoms with Gasteiger partial charge in [0.05, 0.1) is 18.8 Å². The van der Waals surface area contributed by atoms with Gasteiger partial charge >= 0.3 is 5.97 Å². The van der Waals surface area contributed by atoms with E-state index >= 15 is 0 Å². The molecule has 0 fully saturated rings. The lowest BCUT2D eigenvalue weighted by Gasteiger charge is -2.43. The molecular weight excluding hydrogens is 566 g/mol. The number of nitrogens with zero attached hydrogens (tertiary/aromatic N) is 1. The second-order valence-corrected chi connectivity index (χ2v) is 15.9. The number of carboxylic acids is 1. The van der Waals surface area contributed by atoms with Crippen molar-refractivity contribution in [3.8, 4) is 0 Å². The number of aliphatic hydroxyl groups excluding tert-OH is 8. The Balaban J connectivity index is 2.11. The molecule has 0 bridgehead atoms. The van der Waals surface area contributed by atoms with Gasteiger partial charge < -0.3 is 55.3 Å². The molecule has 0 aliphatic carbocycles. The Bertz CT molecular complexity index is 1050. The van der Waals surface area contributed by atoms with Gasteiger partial charge in [-0.2, -0.15) is 0 Å². The number of likely N-dealkylation sites (N-methyl/N-ethyl adjacent to an activating group) is 1. The summed E-state index contributed by atoms with van der Waals surface area (Å²) in [5.41, 5.74) is 0. The first-order valence-electron chi connectivity index (χ1n) is 13.7. The second-order valence-electron chi connectivity index (χ2n) is 11.6. The second kappa shape index (κ2) is 15.5.